The molecule has 0 saturated heterocycles. The molecule has 0 aromatic heterocycles. The van der Waals surface area contributed by atoms with E-state index in [2.05, 4.69) is 10.3 Å². The highest BCUT2D eigenvalue weighted by Crippen LogP contribution is 1.87. The van der Waals surface area contributed by atoms with Gasteiger partial charge in [0.15, 0.2) is 0 Å². The maximum absolute atomic E-state index is 9.46. The molecule has 1 N–H and O–H groups in total. The van der Waals surface area contributed by atoms with Crippen molar-refractivity contribution in [1.29, 1.82) is 0 Å². The van der Waals surface area contributed by atoms with Gasteiger partial charge in [0, 0.05) is 11.9 Å². The summed E-state index contributed by atoms with van der Waals surface area (Å²) >= 11 is 5.46. The third-order valence-electron chi connectivity index (χ3n) is 0.496. The monoisotopic (exact) mass is 137 g/mol. The zero-order valence-electron chi connectivity index (χ0n) is 4.56. The van der Waals surface area contributed by atoms with Crippen molar-refractivity contribution in [2.75, 3.05) is 6.54 Å². The Bertz CT molecular complexity index is 67.1. The van der Waals surface area contributed by atoms with Crippen LogP contribution in [0.5, 0.6) is 0 Å². The van der Waals surface area contributed by atoms with Crippen molar-refractivity contribution in [2.24, 2.45) is 0 Å². The van der Waals surface area contributed by atoms with Gasteiger partial charge < -0.3 is 4.84 Å². The zero-order valence-corrected chi connectivity index (χ0v) is 5.31. The lowest BCUT2D eigenvalue weighted by atomic mass is 10.5. The summed E-state index contributed by atoms with van der Waals surface area (Å²) in [6, 6.07) is 0. The average molecular weight is 138 g/mol. The minimum atomic E-state index is -0.0186. The van der Waals surface area contributed by atoms with Gasteiger partial charge in [0.25, 0.3) is 0 Å². The second-order valence-electron chi connectivity index (χ2n) is 1.34. The molecule has 8 heavy (non-hydrogen) atoms. The molecular weight excluding hydrogens is 130 g/mol. The van der Waals surface area contributed by atoms with Crippen LogP contribution in [0.15, 0.2) is 0 Å². The summed E-state index contributed by atoms with van der Waals surface area (Å²) in [4.78, 5) is 13.6. The minimum absolute atomic E-state index is 0.0186. The molecule has 0 saturated carbocycles. The Kier molecular flexibility index (Phi) is 4.70. The molecule has 0 bridgehead atoms. The zero-order chi connectivity index (χ0) is 6.41. The number of rotatable bonds is 4. The summed E-state index contributed by atoms with van der Waals surface area (Å²) in [5, 5.41) is -0.0186. The normalized spacial score (nSPS) is 12.8. The minimum Gasteiger partial charge on any atom is -0.374 e. The molecule has 0 aromatic rings. The van der Waals surface area contributed by atoms with Gasteiger partial charge in [-0.3, -0.25) is 4.79 Å². The number of halogens is 1. The molecule has 1 atom stereocenters. The van der Waals surface area contributed by atoms with Crippen molar-refractivity contribution in [1.82, 2.24) is 5.48 Å². The Morgan fingerprint density at radius 2 is 2.62 bits per heavy atom. The average Bonchev–Trinajstić information content (AvgIpc) is 1.66. The lowest BCUT2D eigenvalue weighted by molar-refractivity contribution is -0.135. The fourth-order valence-corrected chi connectivity index (χ4v) is 0.260. The van der Waals surface area contributed by atoms with Gasteiger partial charge in [-0.1, -0.05) is 0 Å². The Balaban J connectivity index is 2.81. The first kappa shape index (κ1) is 7.72. The van der Waals surface area contributed by atoms with Crippen LogP contribution < -0.4 is 5.48 Å². The van der Waals surface area contributed by atoms with E-state index in [0.29, 0.717) is 13.0 Å². The van der Waals surface area contributed by atoms with Crippen LogP contribution in [0, 0.1) is 0 Å². The van der Waals surface area contributed by atoms with Crippen molar-refractivity contribution < 1.29 is 9.63 Å². The highest BCUT2D eigenvalue weighted by molar-refractivity contribution is 6.20. The van der Waals surface area contributed by atoms with E-state index in [1.807, 2.05) is 0 Å². The number of carbonyl (C=O) groups is 1. The van der Waals surface area contributed by atoms with Crippen LogP contribution >= 0.6 is 11.6 Å². The lowest BCUT2D eigenvalue weighted by Gasteiger charge is -2.00. The van der Waals surface area contributed by atoms with Crippen LogP contribution in [-0.4, -0.2) is 18.4 Å². The number of hydrogen-bond acceptors (Lipinski definition) is 3. The summed E-state index contributed by atoms with van der Waals surface area (Å²) in [6.07, 6.45) is 0. The molecule has 0 aliphatic carbocycles. The Morgan fingerprint density at radius 3 is 3.00 bits per heavy atom. The number of carbonyl (C=O) groups excluding carboxylic acids is 1. The first-order valence-corrected chi connectivity index (χ1v) is 2.67. The standard InChI is InChI=1S/C4H8ClNO2/c1-4(5)2-6-8-3-7/h3-4,6H,2H2,1H3. The number of hydroxylamine groups is 1. The third-order valence-corrected chi connectivity index (χ3v) is 0.650. The van der Waals surface area contributed by atoms with Gasteiger partial charge in [-0.2, -0.15) is 5.48 Å². The first-order valence-electron chi connectivity index (χ1n) is 2.23. The molecule has 1 unspecified atom stereocenters. The number of hydrogen-bond donors (Lipinski definition) is 1. The van der Waals surface area contributed by atoms with E-state index in [1.54, 1.807) is 6.92 Å². The molecule has 4 heteroatoms. The fraction of sp³-hybridized carbons (Fsp3) is 0.750. The molecule has 0 spiro atoms. The summed E-state index contributed by atoms with van der Waals surface area (Å²) in [5.74, 6) is 0. The van der Waals surface area contributed by atoms with Crippen molar-refractivity contribution >= 4 is 18.1 Å². The van der Waals surface area contributed by atoms with Crippen LogP contribution in [0.2, 0.25) is 0 Å². The molecule has 3 nitrogen and oxygen atoms in total. The lowest BCUT2D eigenvalue weighted by Crippen LogP contribution is -2.20. The van der Waals surface area contributed by atoms with Crippen molar-refractivity contribution in [3.63, 3.8) is 0 Å². The molecule has 0 heterocycles. The molecule has 0 aliphatic heterocycles. The van der Waals surface area contributed by atoms with E-state index in [1.165, 1.54) is 0 Å². The summed E-state index contributed by atoms with van der Waals surface area (Å²) in [5.41, 5.74) is 2.33. The van der Waals surface area contributed by atoms with Crippen molar-refractivity contribution in [2.45, 2.75) is 12.3 Å². The highest BCUT2D eigenvalue weighted by Gasteiger charge is 1.91. The van der Waals surface area contributed by atoms with E-state index in [0.717, 1.165) is 0 Å². The van der Waals surface area contributed by atoms with Crippen LogP contribution in [-0.2, 0) is 9.63 Å². The third kappa shape index (κ3) is 5.72. The van der Waals surface area contributed by atoms with Crippen molar-refractivity contribution in [3.8, 4) is 0 Å². The summed E-state index contributed by atoms with van der Waals surface area (Å²) < 4.78 is 0. The SMILES string of the molecule is CC(Cl)CNOC=O. The van der Waals surface area contributed by atoms with E-state index in [9.17, 15) is 4.79 Å². The summed E-state index contributed by atoms with van der Waals surface area (Å²) in [6.45, 7) is 2.59. The van der Waals surface area contributed by atoms with Gasteiger partial charge in [-0.25, -0.2) is 0 Å². The van der Waals surface area contributed by atoms with Gasteiger partial charge in [0.2, 0.25) is 0 Å². The second kappa shape index (κ2) is 4.87. The van der Waals surface area contributed by atoms with Gasteiger partial charge >= 0.3 is 6.47 Å². The first-order chi connectivity index (χ1) is 3.77. The fourth-order valence-electron chi connectivity index (χ4n) is 0.197. The van der Waals surface area contributed by atoms with E-state index < -0.39 is 0 Å². The van der Waals surface area contributed by atoms with E-state index >= 15 is 0 Å². The molecule has 48 valence electrons. The second-order valence-corrected chi connectivity index (χ2v) is 2.09. The predicted octanol–water partition coefficient (Wildman–Crippen LogP) is 0.291. The number of nitrogens with one attached hydrogen (secondary N) is 1. The quantitative estimate of drug-likeness (QED) is 0.262. The maximum atomic E-state index is 9.46. The summed E-state index contributed by atoms with van der Waals surface area (Å²) in [7, 11) is 0. The molecule has 0 radical (unpaired) electrons. The highest BCUT2D eigenvalue weighted by atomic mass is 35.5. The Labute approximate surface area is 52.9 Å². The maximum Gasteiger partial charge on any atom is 0.312 e. The van der Waals surface area contributed by atoms with Gasteiger partial charge in [0.05, 0.1) is 0 Å². The van der Waals surface area contributed by atoms with Crippen LogP contribution in [0.1, 0.15) is 6.92 Å². The molecule has 0 fully saturated rings. The molecule has 0 amide bonds. The Hall–Kier alpha value is -0.280. The molecule has 0 rings (SSSR count). The largest absolute Gasteiger partial charge is 0.374 e. The van der Waals surface area contributed by atoms with Crippen LogP contribution in [0.3, 0.4) is 0 Å². The van der Waals surface area contributed by atoms with Crippen LogP contribution in [0.25, 0.3) is 0 Å². The number of alkyl halides is 1. The van der Waals surface area contributed by atoms with E-state index in [-0.39, 0.29) is 5.38 Å². The molecule has 0 aliphatic rings. The van der Waals surface area contributed by atoms with Gasteiger partial charge in [0.1, 0.15) is 0 Å². The topological polar surface area (TPSA) is 38.3 Å². The van der Waals surface area contributed by atoms with E-state index in [4.69, 9.17) is 11.6 Å². The van der Waals surface area contributed by atoms with Crippen LogP contribution in [0.4, 0.5) is 0 Å². The van der Waals surface area contributed by atoms with Gasteiger partial charge in [-0.05, 0) is 6.92 Å². The van der Waals surface area contributed by atoms with Crippen molar-refractivity contribution in [3.05, 3.63) is 0 Å². The Morgan fingerprint density at radius 1 is 2.00 bits per heavy atom. The smallest absolute Gasteiger partial charge is 0.312 e. The van der Waals surface area contributed by atoms with Gasteiger partial charge in [-0.15, -0.1) is 11.6 Å². The predicted molar refractivity (Wildman–Crippen MR) is 30.5 cm³/mol. The molecular formula is C4H8ClNO2. The molecule has 0 aromatic carbocycles.